The second kappa shape index (κ2) is 6.62. The highest BCUT2D eigenvalue weighted by atomic mass is 79.9. The third-order valence-corrected chi connectivity index (χ3v) is 3.77. The quantitative estimate of drug-likeness (QED) is 0.713. The van der Waals surface area contributed by atoms with E-state index >= 15 is 0 Å². The number of phenols is 1. The molecular formula is C16H13BrN4O2. The number of rotatable bonds is 4. The Labute approximate surface area is 141 Å². The Balaban J connectivity index is 1.93. The van der Waals surface area contributed by atoms with Gasteiger partial charge in [0.05, 0.1) is 17.8 Å². The van der Waals surface area contributed by atoms with Gasteiger partial charge in [0.1, 0.15) is 6.33 Å². The summed E-state index contributed by atoms with van der Waals surface area (Å²) in [6.45, 7) is 0. The number of benzene rings is 2. The van der Waals surface area contributed by atoms with Crippen LogP contribution in [-0.4, -0.2) is 33.3 Å². The van der Waals surface area contributed by atoms with Crippen LogP contribution in [0.3, 0.4) is 0 Å². The second-order valence-corrected chi connectivity index (χ2v) is 5.52. The lowest BCUT2D eigenvalue weighted by atomic mass is 10.2. The minimum absolute atomic E-state index is 0.0546. The zero-order chi connectivity index (χ0) is 16.2. The molecule has 0 spiro atoms. The summed E-state index contributed by atoms with van der Waals surface area (Å²) in [4.78, 5) is 0. The van der Waals surface area contributed by atoms with E-state index in [0.29, 0.717) is 16.0 Å². The van der Waals surface area contributed by atoms with Gasteiger partial charge in [0, 0.05) is 5.56 Å². The Morgan fingerprint density at radius 3 is 2.78 bits per heavy atom. The predicted octanol–water partition coefficient (Wildman–Crippen LogP) is 3.30. The van der Waals surface area contributed by atoms with Gasteiger partial charge in [0.2, 0.25) is 0 Å². The standard InChI is InChI=1S/C16H13BrN4O2/c1-23-14-8-11(7-13(17)15(14)22)9-19-21-10-18-20-16(21)12-5-3-2-4-6-12/h2-10,22H,1H3/b19-9+. The molecule has 0 unspecified atom stereocenters. The maximum absolute atomic E-state index is 9.83. The first kappa shape index (κ1) is 15.2. The molecule has 0 radical (unpaired) electrons. The van der Waals surface area contributed by atoms with Crippen molar-refractivity contribution in [3.8, 4) is 22.9 Å². The fourth-order valence-corrected chi connectivity index (χ4v) is 2.50. The molecule has 1 heterocycles. The van der Waals surface area contributed by atoms with Crippen LogP contribution in [-0.2, 0) is 0 Å². The smallest absolute Gasteiger partial charge is 0.184 e. The molecule has 0 saturated heterocycles. The highest BCUT2D eigenvalue weighted by molar-refractivity contribution is 9.10. The van der Waals surface area contributed by atoms with Crippen LogP contribution in [0.25, 0.3) is 11.4 Å². The SMILES string of the molecule is COc1cc(/C=N/n2cnnc2-c2ccccc2)cc(Br)c1O. The van der Waals surface area contributed by atoms with E-state index in [1.54, 1.807) is 23.0 Å². The van der Waals surface area contributed by atoms with Gasteiger partial charge in [-0.3, -0.25) is 0 Å². The van der Waals surface area contributed by atoms with Crippen LogP contribution in [0.15, 0.2) is 58.4 Å². The summed E-state index contributed by atoms with van der Waals surface area (Å²) >= 11 is 3.28. The second-order valence-electron chi connectivity index (χ2n) is 4.66. The summed E-state index contributed by atoms with van der Waals surface area (Å²) in [5.41, 5.74) is 1.69. The largest absolute Gasteiger partial charge is 0.503 e. The average Bonchev–Trinajstić information content (AvgIpc) is 3.05. The Morgan fingerprint density at radius 1 is 1.26 bits per heavy atom. The summed E-state index contributed by atoms with van der Waals surface area (Å²) in [5, 5.41) is 22.2. The first-order valence-electron chi connectivity index (χ1n) is 6.75. The van der Waals surface area contributed by atoms with Gasteiger partial charge in [0.15, 0.2) is 17.3 Å². The number of hydrogen-bond acceptors (Lipinski definition) is 5. The molecule has 0 saturated carbocycles. The normalized spacial score (nSPS) is 11.0. The lowest BCUT2D eigenvalue weighted by molar-refractivity contribution is 0.372. The molecule has 7 heteroatoms. The van der Waals surface area contributed by atoms with Crippen molar-refractivity contribution < 1.29 is 9.84 Å². The van der Waals surface area contributed by atoms with Gasteiger partial charge >= 0.3 is 0 Å². The van der Waals surface area contributed by atoms with E-state index < -0.39 is 0 Å². The van der Waals surface area contributed by atoms with Gasteiger partial charge in [-0.25, -0.2) is 0 Å². The third kappa shape index (κ3) is 3.24. The first-order valence-corrected chi connectivity index (χ1v) is 7.54. The van der Waals surface area contributed by atoms with Gasteiger partial charge in [-0.2, -0.15) is 9.78 Å². The highest BCUT2D eigenvalue weighted by Gasteiger charge is 2.08. The van der Waals surface area contributed by atoms with E-state index in [1.807, 2.05) is 30.3 Å². The molecule has 2 aromatic carbocycles. The van der Waals surface area contributed by atoms with Crippen molar-refractivity contribution in [3.05, 3.63) is 58.8 Å². The number of aromatic nitrogens is 3. The van der Waals surface area contributed by atoms with Crippen molar-refractivity contribution >= 4 is 22.1 Å². The molecule has 1 N–H and O–H groups in total. The molecule has 116 valence electrons. The number of halogens is 1. The van der Waals surface area contributed by atoms with Crippen molar-refractivity contribution in [3.63, 3.8) is 0 Å². The summed E-state index contributed by atoms with van der Waals surface area (Å²) in [6.07, 6.45) is 3.17. The Hall–Kier alpha value is -2.67. The van der Waals surface area contributed by atoms with Crippen LogP contribution in [0.1, 0.15) is 5.56 Å². The molecule has 0 atom stereocenters. The van der Waals surface area contributed by atoms with Crippen molar-refractivity contribution in [1.82, 2.24) is 14.9 Å². The summed E-state index contributed by atoms with van der Waals surface area (Å²) < 4.78 is 7.24. The molecule has 0 bridgehead atoms. The van der Waals surface area contributed by atoms with E-state index in [1.165, 1.54) is 13.4 Å². The molecule has 0 amide bonds. The molecule has 3 aromatic rings. The Morgan fingerprint density at radius 2 is 2.04 bits per heavy atom. The minimum atomic E-state index is 0.0546. The lowest BCUT2D eigenvalue weighted by Gasteiger charge is -2.06. The number of methoxy groups -OCH3 is 1. The van der Waals surface area contributed by atoms with Crippen molar-refractivity contribution in [2.24, 2.45) is 5.10 Å². The molecule has 23 heavy (non-hydrogen) atoms. The maximum atomic E-state index is 9.83. The minimum Gasteiger partial charge on any atom is -0.503 e. The molecular weight excluding hydrogens is 360 g/mol. The van der Waals surface area contributed by atoms with Crippen LogP contribution < -0.4 is 4.74 Å². The average molecular weight is 373 g/mol. The van der Waals surface area contributed by atoms with Crippen LogP contribution in [0, 0.1) is 0 Å². The zero-order valence-electron chi connectivity index (χ0n) is 12.2. The van der Waals surface area contributed by atoms with Gasteiger partial charge in [-0.1, -0.05) is 30.3 Å². The number of phenolic OH excluding ortho intramolecular Hbond substituents is 1. The van der Waals surface area contributed by atoms with E-state index in [0.717, 1.165) is 11.1 Å². The molecule has 0 aliphatic heterocycles. The summed E-state index contributed by atoms with van der Waals surface area (Å²) in [7, 11) is 1.50. The molecule has 0 fully saturated rings. The lowest BCUT2D eigenvalue weighted by Crippen LogP contribution is -1.94. The van der Waals surface area contributed by atoms with Crippen molar-refractivity contribution in [2.45, 2.75) is 0 Å². The van der Waals surface area contributed by atoms with E-state index in [4.69, 9.17) is 4.74 Å². The van der Waals surface area contributed by atoms with Gasteiger partial charge in [-0.05, 0) is 33.6 Å². The third-order valence-electron chi connectivity index (χ3n) is 3.16. The maximum Gasteiger partial charge on any atom is 0.184 e. The highest BCUT2D eigenvalue weighted by Crippen LogP contribution is 2.34. The Kier molecular flexibility index (Phi) is 4.38. The molecule has 0 aliphatic carbocycles. The topological polar surface area (TPSA) is 72.5 Å². The van der Waals surface area contributed by atoms with Crippen LogP contribution in [0.4, 0.5) is 0 Å². The summed E-state index contributed by atoms with van der Waals surface area (Å²) in [6, 6.07) is 13.1. The predicted molar refractivity (Wildman–Crippen MR) is 90.8 cm³/mol. The molecule has 1 aromatic heterocycles. The Bertz CT molecular complexity index is 847. The van der Waals surface area contributed by atoms with Gasteiger partial charge < -0.3 is 9.84 Å². The van der Waals surface area contributed by atoms with Crippen LogP contribution in [0.5, 0.6) is 11.5 Å². The summed E-state index contributed by atoms with van der Waals surface area (Å²) in [5.74, 6) is 1.07. The van der Waals surface area contributed by atoms with Gasteiger partial charge in [0.25, 0.3) is 0 Å². The number of hydrogen-bond donors (Lipinski definition) is 1. The van der Waals surface area contributed by atoms with E-state index in [2.05, 4.69) is 31.2 Å². The number of nitrogens with zero attached hydrogens (tertiary/aromatic N) is 4. The van der Waals surface area contributed by atoms with E-state index in [9.17, 15) is 5.11 Å². The molecule has 0 aliphatic rings. The zero-order valence-corrected chi connectivity index (χ0v) is 13.8. The number of ether oxygens (including phenoxy) is 1. The van der Waals surface area contributed by atoms with Crippen molar-refractivity contribution in [1.29, 1.82) is 0 Å². The van der Waals surface area contributed by atoms with Gasteiger partial charge in [-0.15, -0.1) is 10.2 Å². The van der Waals surface area contributed by atoms with Crippen LogP contribution >= 0.6 is 15.9 Å². The molecule has 6 nitrogen and oxygen atoms in total. The first-order chi connectivity index (χ1) is 11.2. The van der Waals surface area contributed by atoms with E-state index in [-0.39, 0.29) is 5.75 Å². The van der Waals surface area contributed by atoms with Crippen molar-refractivity contribution in [2.75, 3.05) is 7.11 Å². The fraction of sp³-hybridized carbons (Fsp3) is 0.0625. The monoisotopic (exact) mass is 372 g/mol. The number of aromatic hydroxyl groups is 1. The van der Waals surface area contributed by atoms with Crippen LogP contribution in [0.2, 0.25) is 0 Å². The molecule has 3 rings (SSSR count). The fourth-order valence-electron chi connectivity index (χ4n) is 2.04.